The molecule has 110 valence electrons. The van der Waals surface area contributed by atoms with Crippen LogP contribution in [0, 0.1) is 0 Å². The molecule has 1 fully saturated rings. The van der Waals surface area contributed by atoms with Crippen LogP contribution in [0.25, 0.3) is 10.9 Å². The average Bonchev–Trinajstić information content (AvgIpc) is 2.53. The quantitative estimate of drug-likeness (QED) is 0.372. The summed E-state index contributed by atoms with van der Waals surface area (Å²) in [6.07, 6.45) is 0. The van der Waals surface area contributed by atoms with E-state index in [1.165, 1.54) is 0 Å². The van der Waals surface area contributed by atoms with E-state index in [4.69, 9.17) is 10.9 Å². The Morgan fingerprint density at radius 1 is 1.33 bits per heavy atom. The van der Waals surface area contributed by atoms with E-state index in [1.54, 1.807) is 0 Å². The molecule has 0 atom stereocenters. The smallest absolute Gasteiger partial charge is 0.170 e. The van der Waals surface area contributed by atoms with Gasteiger partial charge in [0.1, 0.15) is 5.82 Å². The third-order valence-corrected chi connectivity index (χ3v) is 4.86. The zero-order chi connectivity index (χ0) is 14.8. The van der Waals surface area contributed by atoms with Crippen LogP contribution in [0.15, 0.2) is 35.5 Å². The van der Waals surface area contributed by atoms with Gasteiger partial charge in [-0.1, -0.05) is 23.4 Å². The molecule has 1 aliphatic heterocycles. The maximum atomic E-state index is 11.5. The van der Waals surface area contributed by atoms with E-state index in [2.05, 4.69) is 15.0 Å². The number of hydrogen-bond acceptors (Lipinski definition) is 5. The molecule has 1 aromatic carbocycles. The third kappa shape index (κ3) is 2.69. The first-order chi connectivity index (χ1) is 10.2. The summed E-state index contributed by atoms with van der Waals surface area (Å²) in [4.78, 5) is 6.72. The normalized spacial score (nSPS) is 17.3. The lowest BCUT2D eigenvalue weighted by Gasteiger charge is -2.28. The number of benzene rings is 1. The maximum Gasteiger partial charge on any atom is 0.170 e. The number of nitrogens with zero attached hydrogens (tertiary/aromatic N) is 3. The highest BCUT2D eigenvalue weighted by Gasteiger charge is 2.18. The van der Waals surface area contributed by atoms with Gasteiger partial charge in [-0.25, -0.2) is 4.98 Å². The molecule has 3 N–H and O–H groups in total. The van der Waals surface area contributed by atoms with Gasteiger partial charge in [-0.15, -0.1) is 0 Å². The minimum Gasteiger partial charge on any atom is -0.409 e. The number of amidine groups is 1. The maximum absolute atomic E-state index is 11.5. The van der Waals surface area contributed by atoms with Crippen molar-refractivity contribution in [1.82, 2.24) is 4.98 Å². The van der Waals surface area contributed by atoms with Crippen LogP contribution in [0.2, 0.25) is 0 Å². The van der Waals surface area contributed by atoms with Crippen molar-refractivity contribution in [3.8, 4) is 0 Å². The Morgan fingerprint density at radius 2 is 2.05 bits per heavy atom. The summed E-state index contributed by atoms with van der Waals surface area (Å²) in [5, 5.41) is 12.9. The Morgan fingerprint density at radius 3 is 2.76 bits per heavy atom. The van der Waals surface area contributed by atoms with Gasteiger partial charge >= 0.3 is 0 Å². The van der Waals surface area contributed by atoms with Crippen LogP contribution in [0.1, 0.15) is 5.56 Å². The molecule has 21 heavy (non-hydrogen) atoms. The summed E-state index contributed by atoms with van der Waals surface area (Å²) in [6.45, 7) is 1.40. The number of anilines is 1. The van der Waals surface area contributed by atoms with Crippen LogP contribution in [-0.2, 0) is 10.8 Å². The fourth-order valence-corrected chi connectivity index (χ4v) is 3.51. The molecule has 0 spiro atoms. The Bertz CT molecular complexity index is 722. The van der Waals surface area contributed by atoms with E-state index in [1.807, 2.05) is 30.3 Å². The second-order valence-electron chi connectivity index (χ2n) is 4.87. The predicted molar refractivity (Wildman–Crippen MR) is 84.3 cm³/mol. The second kappa shape index (κ2) is 5.69. The van der Waals surface area contributed by atoms with Gasteiger partial charge in [0.15, 0.2) is 5.84 Å². The molecule has 0 amide bonds. The molecule has 0 radical (unpaired) electrons. The largest absolute Gasteiger partial charge is 0.409 e. The summed E-state index contributed by atoms with van der Waals surface area (Å²) in [6, 6.07) is 9.41. The molecule has 2 heterocycles. The van der Waals surface area contributed by atoms with Crippen molar-refractivity contribution in [2.75, 3.05) is 29.5 Å². The van der Waals surface area contributed by atoms with Crippen LogP contribution in [0.5, 0.6) is 0 Å². The average molecular weight is 304 g/mol. The molecule has 3 rings (SSSR count). The lowest BCUT2D eigenvalue weighted by atomic mass is 10.1. The van der Waals surface area contributed by atoms with E-state index in [0.29, 0.717) is 30.2 Å². The molecule has 0 unspecified atom stereocenters. The predicted octanol–water partition coefficient (Wildman–Crippen LogP) is 0.898. The van der Waals surface area contributed by atoms with E-state index < -0.39 is 10.8 Å². The molecule has 0 saturated carbocycles. The molecule has 1 saturated heterocycles. The number of fused-ring (bicyclic) bond motifs is 1. The monoisotopic (exact) mass is 304 g/mol. The second-order valence-corrected chi connectivity index (χ2v) is 6.56. The van der Waals surface area contributed by atoms with Crippen LogP contribution in [0.3, 0.4) is 0 Å². The minimum absolute atomic E-state index is 0.0652. The lowest BCUT2D eigenvalue weighted by Crippen LogP contribution is -2.38. The van der Waals surface area contributed by atoms with Crippen LogP contribution < -0.4 is 10.6 Å². The highest BCUT2D eigenvalue weighted by Crippen LogP contribution is 2.23. The first kappa shape index (κ1) is 13.8. The van der Waals surface area contributed by atoms with E-state index in [9.17, 15) is 4.21 Å². The molecular formula is C14H16N4O2S. The van der Waals surface area contributed by atoms with Gasteiger partial charge in [-0.05, 0) is 12.1 Å². The van der Waals surface area contributed by atoms with Crippen molar-refractivity contribution in [2.24, 2.45) is 10.9 Å². The number of nitrogens with two attached hydrogens (primary N) is 1. The van der Waals surface area contributed by atoms with Gasteiger partial charge < -0.3 is 15.8 Å². The fraction of sp³-hybridized carbons (Fsp3) is 0.286. The molecule has 6 nitrogen and oxygen atoms in total. The Balaban J connectivity index is 2.10. The summed E-state index contributed by atoms with van der Waals surface area (Å²) < 4.78 is 11.5. The van der Waals surface area contributed by atoms with Gasteiger partial charge in [-0.3, -0.25) is 4.21 Å². The summed E-state index contributed by atoms with van der Waals surface area (Å²) >= 11 is 0. The van der Waals surface area contributed by atoms with Crippen LogP contribution in [-0.4, -0.2) is 44.8 Å². The number of hydrogen-bond donors (Lipinski definition) is 2. The topological polar surface area (TPSA) is 91.8 Å². The summed E-state index contributed by atoms with van der Waals surface area (Å²) in [5.41, 5.74) is 7.24. The number of aromatic nitrogens is 1. The first-order valence-electron chi connectivity index (χ1n) is 6.66. The van der Waals surface area contributed by atoms with Crippen molar-refractivity contribution in [2.45, 2.75) is 0 Å². The highest BCUT2D eigenvalue weighted by atomic mass is 32.2. The van der Waals surface area contributed by atoms with Crippen LogP contribution in [0.4, 0.5) is 5.82 Å². The van der Waals surface area contributed by atoms with Crippen molar-refractivity contribution in [3.05, 3.63) is 35.9 Å². The van der Waals surface area contributed by atoms with Crippen molar-refractivity contribution >= 4 is 33.4 Å². The summed E-state index contributed by atoms with van der Waals surface area (Å²) in [5.74, 6) is 2.13. The Hall–Kier alpha value is -2.15. The first-order valence-corrected chi connectivity index (χ1v) is 8.15. The van der Waals surface area contributed by atoms with Gasteiger partial charge in [0.05, 0.1) is 5.52 Å². The van der Waals surface area contributed by atoms with Crippen molar-refractivity contribution in [3.63, 3.8) is 0 Å². The number of para-hydroxylation sites is 1. The third-order valence-electron chi connectivity index (χ3n) is 3.59. The fourth-order valence-electron chi connectivity index (χ4n) is 2.46. The van der Waals surface area contributed by atoms with E-state index in [0.717, 1.165) is 16.7 Å². The SMILES string of the molecule is NC(=NO)c1cc(N2CCS(=O)CC2)nc2ccccc12. The summed E-state index contributed by atoms with van der Waals surface area (Å²) in [7, 11) is -0.735. The van der Waals surface area contributed by atoms with E-state index in [-0.39, 0.29) is 5.84 Å². The molecule has 1 aromatic heterocycles. The van der Waals surface area contributed by atoms with Crippen molar-refractivity contribution < 1.29 is 9.42 Å². The molecular weight excluding hydrogens is 288 g/mol. The number of rotatable bonds is 2. The van der Waals surface area contributed by atoms with Gasteiger partial charge in [0, 0.05) is 46.3 Å². The number of oxime groups is 1. The van der Waals surface area contributed by atoms with Gasteiger partial charge in [0.25, 0.3) is 0 Å². The van der Waals surface area contributed by atoms with Crippen molar-refractivity contribution in [1.29, 1.82) is 0 Å². The van der Waals surface area contributed by atoms with E-state index >= 15 is 0 Å². The highest BCUT2D eigenvalue weighted by molar-refractivity contribution is 7.85. The number of pyridine rings is 1. The lowest BCUT2D eigenvalue weighted by molar-refractivity contribution is 0.318. The van der Waals surface area contributed by atoms with Gasteiger partial charge in [-0.2, -0.15) is 0 Å². The standard InChI is InChI=1S/C14H16N4O2S/c15-14(17-19)11-9-13(18-5-7-21(20)8-6-18)16-12-4-2-1-3-10(11)12/h1-4,9,19H,5-8H2,(H2,15,17). The van der Waals surface area contributed by atoms with Crippen LogP contribution >= 0.6 is 0 Å². The minimum atomic E-state index is -0.735. The molecule has 0 aliphatic carbocycles. The molecule has 7 heteroatoms. The zero-order valence-electron chi connectivity index (χ0n) is 11.4. The van der Waals surface area contributed by atoms with Gasteiger partial charge in [0.2, 0.25) is 0 Å². The Labute approximate surface area is 124 Å². The molecule has 0 bridgehead atoms. The zero-order valence-corrected chi connectivity index (χ0v) is 12.2. The molecule has 1 aliphatic rings. The molecule has 2 aromatic rings. The Kier molecular flexibility index (Phi) is 3.74.